The molecule has 2 aromatic heterocycles. The Morgan fingerprint density at radius 1 is 1.20 bits per heavy atom. The zero-order chi connectivity index (χ0) is 16.8. The molecule has 0 saturated carbocycles. The van der Waals surface area contributed by atoms with E-state index in [-0.39, 0.29) is 6.04 Å². The van der Waals surface area contributed by atoms with Gasteiger partial charge in [-0.15, -0.1) is 0 Å². The van der Waals surface area contributed by atoms with Crippen molar-refractivity contribution in [3.63, 3.8) is 0 Å². The molecule has 0 N–H and O–H groups in total. The van der Waals surface area contributed by atoms with Gasteiger partial charge in [0.1, 0.15) is 30.2 Å². The highest BCUT2D eigenvalue weighted by molar-refractivity contribution is 9.10. The Labute approximate surface area is 152 Å². The molecule has 0 spiro atoms. The van der Waals surface area contributed by atoms with E-state index in [9.17, 15) is 0 Å². The van der Waals surface area contributed by atoms with Gasteiger partial charge in [-0.1, -0.05) is 15.9 Å². The van der Waals surface area contributed by atoms with E-state index in [1.807, 2.05) is 29.1 Å². The maximum Gasteiger partial charge on any atom is 0.178 e. The van der Waals surface area contributed by atoms with Gasteiger partial charge in [-0.2, -0.15) is 5.10 Å². The van der Waals surface area contributed by atoms with Gasteiger partial charge < -0.3 is 14.0 Å². The molecule has 2 aliphatic heterocycles. The van der Waals surface area contributed by atoms with Gasteiger partial charge in [0.15, 0.2) is 5.82 Å². The SMILES string of the molecule is Brc1ccc2c(c1)OCCn1cc(-c3ncnn3C3CCOC3)nc1-2. The van der Waals surface area contributed by atoms with Crippen LogP contribution in [0.25, 0.3) is 22.9 Å². The molecule has 1 saturated heterocycles. The molecule has 1 fully saturated rings. The largest absolute Gasteiger partial charge is 0.491 e. The average molecular weight is 402 g/mol. The lowest BCUT2D eigenvalue weighted by molar-refractivity contribution is 0.184. The second-order valence-electron chi connectivity index (χ2n) is 6.18. The summed E-state index contributed by atoms with van der Waals surface area (Å²) in [4.78, 5) is 9.31. The summed E-state index contributed by atoms with van der Waals surface area (Å²) >= 11 is 3.50. The fraction of sp³-hybridized carbons (Fsp3) is 0.353. The third kappa shape index (κ3) is 2.56. The summed E-state index contributed by atoms with van der Waals surface area (Å²) in [6, 6.07) is 6.25. The highest BCUT2D eigenvalue weighted by Crippen LogP contribution is 2.35. The van der Waals surface area contributed by atoms with Crippen LogP contribution < -0.4 is 4.74 Å². The Balaban J connectivity index is 1.60. The highest BCUT2D eigenvalue weighted by atomic mass is 79.9. The van der Waals surface area contributed by atoms with Crippen molar-refractivity contribution in [2.75, 3.05) is 19.8 Å². The van der Waals surface area contributed by atoms with Crippen LogP contribution in [0.15, 0.2) is 35.2 Å². The topological polar surface area (TPSA) is 67.0 Å². The number of benzene rings is 1. The number of fused-ring (bicyclic) bond motifs is 3. The lowest BCUT2D eigenvalue weighted by Gasteiger charge is -2.10. The van der Waals surface area contributed by atoms with Gasteiger partial charge in [-0.3, -0.25) is 0 Å². The highest BCUT2D eigenvalue weighted by Gasteiger charge is 2.25. The van der Waals surface area contributed by atoms with E-state index in [2.05, 4.69) is 30.6 Å². The van der Waals surface area contributed by atoms with Crippen LogP contribution in [0.4, 0.5) is 0 Å². The van der Waals surface area contributed by atoms with Gasteiger partial charge in [0.2, 0.25) is 0 Å². The van der Waals surface area contributed by atoms with E-state index in [0.29, 0.717) is 13.2 Å². The predicted molar refractivity (Wildman–Crippen MR) is 94.3 cm³/mol. The van der Waals surface area contributed by atoms with Crippen LogP contribution in [0, 0.1) is 0 Å². The molecule has 0 aliphatic carbocycles. The molecule has 2 aliphatic rings. The lowest BCUT2D eigenvalue weighted by Crippen LogP contribution is -2.12. The first kappa shape index (κ1) is 15.1. The average Bonchev–Trinajstić information content (AvgIpc) is 3.33. The maximum atomic E-state index is 5.87. The van der Waals surface area contributed by atoms with Crippen LogP contribution in [0.3, 0.4) is 0 Å². The second-order valence-corrected chi connectivity index (χ2v) is 7.09. The Morgan fingerprint density at radius 3 is 3.04 bits per heavy atom. The Hall–Kier alpha value is -2.19. The van der Waals surface area contributed by atoms with Gasteiger partial charge >= 0.3 is 0 Å². The van der Waals surface area contributed by atoms with E-state index in [1.54, 1.807) is 6.33 Å². The number of ether oxygens (including phenoxy) is 2. The van der Waals surface area contributed by atoms with Crippen LogP contribution in [0.1, 0.15) is 12.5 Å². The number of hydrogen-bond acceptors (Lipinski definition) is 5. The molecule has 0 radical (unpaired) electrons. The minimum Gasteiger partial charge on any atom is -0.491 e. The minimum absolute atomic E-state index is 0.227. The predicted octanol–water partition coefficient (Wildman–Crippen LogP) is 2.92. The zero-order valence-electron chi connectivity index (χ0n) is 13.4. The normalized spacial score (nSPS) is 19.2. The van der Waals surface area contributed by atoms with Gasteiger partial charge in [0, 0.05) is 17.3 Å². The van der Waals surface area contributed by atoms with Crippen molar-refractivity contribution in [3.05, 3.63) is 35.2 Å². The molecule has 128 valence electrons. The quantitative estimate of drug-likeness (QED) is 0.660. The number of halogens is 1. The minimum atomic E-state index is 0.227. The first-order chi connectivity index (χ1) is 12.3. The van der Waals surface area contributed by atoms with Crippen molar-refractivity contribution in [1.29, 1.82) is 0 Å². The lowest BCUT2D eigenvalue weighted by atomic mass is 10.2. The van der Waals surface area contributed by atoms with Gasteiger partial charge in [0.05, 0.1) is 24.8 Å². The molecular formula is C17H16BrN5O2. The molecule has 0 amide bonds. The number of nitrogens with zero attached hydrogens (tertiary/aromatic N) is 5. The number of imidazole rings is 1. The summed E-state index contributed by atoms with van der Waals surface area (Å²) in [6.45, 7) is 2.79. The summed E-state index contributed by atoms with van der Waals surface area (Å²) in [5.41, 5.74) is 1.82. The summed E-state index contributed by atoms with van der Waals surface area (Å²) in [5.74, 6) is 2.53. The van der Waals surface area contributed by atoms with Crippen LogP contribution in [-0.4, -0.2) is 44.1 Å². The summed E-state index contributed by atoms with van der Waals surface area (Å²) in [6.07, 6.45) is 4.58. The Morgan fingerprint density at radius 2 is 2.16 bits per heavy atom. The van der Waals surface area contributed by atoms with E-state index in [4.69, 9.17) is 14.5 Å². The van der Waals surface area contributed by atoms with Crippen molar-refractivity contribution < 1.29 is 9.47 Å². The maximum absolute atomic E-state index is 5.87. The molecule has 8 heteroatoms. The fourth-order valence-electron chi connectivity index (χ4n) is 3.38. The molecule has 4 heterocycles. The Bertz CT molecular complexity index is 929. The monoisotopic (exact) mass is 401 g/mol. The molecule has 7 nitrogen and oxygen atoms in total. The molecule has 1 atom stereocenters. The van der Waals surface area contributed by atoms with Gasteiger partial charge in [-0.25, -0.2) is 14.6 Å². The van der Waals surface area contributed by atoms with Gasteiger partial charge in [0.25, 0.3) is 0 Å². The number of rotatable bonds is 2. The number of aromatic nitrogens is 5. The second kappa shape index (κ2) is 5.96. The van der Waals surface area contributed by atoms with E-state index in [1.165, 1.54) is 0 Å². The van der Waals surface area contributed by atoms with Crippen molar-refractivity contribution in [1.82, 2.24) is 24.3 Å². The molecule has 3 aromatic rings. The van der Waals surface area contributed by atoms with Crippen LogP contribution in [0.2, 0.25) is 0 Å². The zero-order valence-corrected chi connectivity index (χ0v) is 15.0. The van der Waals surface area contributed by atoms with Crippen molar-refractivity contribution in [2.45, 2.75) is 19.0 Å². The molecule has 1 aromatic carbocycles. The molecule has 0 bridgehead atoms. The first-order valence-corrected chi connectivity index (χ1v) is 9.06. The molecular weight excluding hydrogens is 386 g/mol. The van der Waals surface area contributed by atoms with E-state index < -0.39 is 0 Å². The standard InChI is InChI=1S/C17H16BrN5O2/c18-11-1-2-13-15(7-11)25-6-4-22-8-14(21-16(13)22)17-19-10-20-23(17)12-3-5-24-9-12/h1-2,7-8,10,12H,3-6,9H2. The first-order valence-electron chi connectivity index (χ1n) is 8.27. The van der Waals surface area contributed by atoms with E-state index >= 15 is 0 Å². The summed E-state index contributed by atoms with van der Waals surface area (Å²) in [5, 5.41) is 4.40. The van der Waals surface area contributed by atoms with Gasteiger partial charge in [-0.05, 0) is 24.6 Å². The summed E-state index contributed by atoms with van der Waals surface area (Å²) in [7, 11) is 0. The van der Waals surface area contributed by atoms with Crippen molar-refractivity contribution in [3.8, 4) is 28.7 Å². The van der Waals surface area contributed by atoms with Crippen molar-refractivity contribution >= 4 is 15.9 Å². The summed E-state index contributed by atoms with van der Waals surface area (Å²) < 4.78 is 16.4. The fourth-order valence-corrected chi connectivity index (χ4v) is 3.72. The van der Waals surface area contributed by atoms with Crippen LogP contribution in [-0.2, 0) is 11.3 Å². The Kier molecular flexibility index (Phi) is 3.60. The molecule has 5 rings (SSSR count). The molecule has 25 heavy (non-hydrogen) atoms. The van der Waals surface area contributed by atoms with E-state index in [0.717, 1.165) is 52.7 Å². The number of hydrogen-bond donors (Lipinski definition) is 0. The smallest absolute Gasteiger partial charge is 0.178 e. The molecule has 1 unspecified atom stereocenters. The third-order valence-electron chi connectivity index (χ3n) is 4.60. The van der Waals surface area contributed by atoms with Crippen LogP contribution >= 0.6 is 15.9 Å². The van der Waals surface area contributed by atoms with Crippen molar-refractivity contribution in [2.24, 2.45) is 0 Å². The third-order valence-corrected chi connectivity index (χ3v) is 5.10. The van der Waals surface area contributed by atoms with Crippen LogP contribution in [0.5, 0.6) is 5.75 Å².